The fourth-order valence-corrected chi connectivity index (χ4v) is 3.55. The van der Waals surface area contributed by atoms with E-state index in [-0.39, 0.29) is 17.0 Å². The van der Waals surface area contributed by atoms with Gasteiger partial charge < -0.3 is 14.2 Å². The van der Waals surface area contributed by atoms with Gasteiger partial charge in [-0.3, -0.25) is 9.36 Å². The Morgan fingerprint density at radius 2 is 1.63 bits per heavy atom. The van der Waals surface area contributed by atoms with Crippen molar-refractivity contribution >= 4 is 16.7 Å². The number of nitriles is 1. The molecule has 0 saturated carbocycles. The number of nitrogens with zero attached hydrogens (tertiary/aromatic N) is 3. The molecule has 1 aromatic heterocycles. The Balaban J connectivity index is 1.83. The second-order valence-electron chi connectivity index (χ2n) is 7.42. The summed E-state index contributed by atoms with van der Waals surface area (Å²) < 4.78 is 32.0. The standard InChI is InChI=1S/C25H18FN3O6/c1-28-21(24(31)34-3)12-23(30)29(25(28)32)20-11-22(16(13-27)10-19(20)26)35-18-7-5-14-8-17(33-2)6-4-15(14)9-18/h4-12H,1-3H3. The van der Waals surface area contributed by atoms with Crippen molar-refractivity contribution in [3.8, 4) is 29.0 Å². The highest BCUT2D eigenvalue weighted by atomic mass is 19.1. The second kappa shape index (κ2) is 9.15. The average molecular weight is 475 g/mol. The van der Waals surface area contributed by atoms with Gasteiger partial charge in [-0.15, -0.1) is 0 Å². The van der Waals surface area contributed by atoms with Gasteiger partial charge in [-0.05, 0) is 41.1 Å². The number of aromatic nitrogens is 2. The molecule has 0 atom stereocenters. The number of carbonyl (C=O) groups is 1. The minimum Gasteiger partial charge on any atom is -0.497 e. The Kier molecular flexibility index (Phi) is 6.08. The summed E-state index contributed by atoms with van der Waals surface area (Å²) in [5, 5.41) is 11.2. The summed E-state index contributed by atoms with van der Waals surface area (Å²) in [7, 11) is 3.91. The molecular formula is C25H18FN3O6. The van der Waals surface area contributed by atoms with Crippen molar-refractivity contribution in [1.82, 2.24) is 9.13 Å². The molecule has 0 bridgehead atoms. The van der Waals surface area contributed by atoms with E-state index in [2.05, 4.69) is 4.74 Å². The smallest absolute Gasteiger partial charge is 0.355 e. The number of ether oxygens (including phenoxy) is 3. The van der Waals surface area contributed by atoms with Crippen LogP contribution in [0.25, 0.3) is 16.5 Å². The van der Waals surface area contributed by atoms with Crippen molar-refractivity contribution in [3.05, 3.63) is 92.5 Å². The number of methoxy groups -OCH3 is 2. The molecule has 0 spiro atoms. The van der Waals surface area contributed by atoms with Gasteiger partial charge in [0, 0.05) is 19.2 Å². The zero-order valence-corrected chi connectivity index (χ0v) is 18.9. The Morgan fingerprint density at radius 1 is 0.971 bits per heavy atom. The Morgan fingerprint density at radius 3 is 2.26 bits per heavy atom. The Labute approximate surface area is 197 Å². The summed E-state index contributed by atoms with van der Waals surface area (Å²) in [6.45, 7) is 0. The molecule has 0 saturated heterocycles. The van der Waals surface area contributed by atoms with E-state index in [9.17, 15) is 24.0 Å². The molecule has 0 fully saturated rings. The first kappa shape index (κ1) is 23.3. The van der Waals surface area contributed by atoms with Crippen LogP contribution in [-0.4, -0.2) is 29.3 Å². The summed E-state index contributed by atoms with van der Waals surface area (Å²) in [6, 6.07) is 15.3. The number of carbonyl (C=O) groups excluding carboxylic acids is 1. The van der Waals surface area contributed by atoms with Crippen LogP contribution in [0.2, 0.25) is 0 Å². The zero-order chi connectivity index (χ0) is 25.3. The molecule has 0 aliphatic rings. The predicted molar refractivity (Wildman–Crippen MR) is 124 cm³/mol. The maximum atomic E-state index is 14.9. The summed E-state index contributed by atoms with van der Waals surface area (Å²) in [5.74, 6) is -0.927. The molecule has 4 aromatic rings. The predicted octanol–water partition coefficient (Wildman–Crippen LogP) is 3.29. The molecule has 0 aliphatic carbocycles. The molecule has 35 heavy (non-hydrogen) atoms. The molecule has 0 aliphatic heterocycles. The van der Waals surface area contributed by atoms with E-state index in [1.165, 1.54) is 7.05 Å². The van der Waals surface area contributed by atoms with E-state index >= 15 is 0 Å². The number of benzene rings is 3. The van der Waals surface area contributed by atoms with Gasteiger partial charge in [-0.25, -0.2) is 18.5 Å². The van der Waals surface area contributed by atoms with Gasteiger partial charge >= 0.3 is 11.7 Å². The molecule has 0 N–H and O–H groups in total. The summed E-state index contributed by atoms with van der Waals surface area (Å²) in [6.07, 6.45) is 0. The normalized spacial score (nSPS) is 10.6. The molecule has 10 heteroatoms. The van der Waals surface area contributed by atoms with Gasteiger partial charge in [0.2, 0.25) is 0 Å². The fourth-order valence-electron chi connectivity index (χ4n) is 3.55. The van der Waals surface area contributed by atoms with Crippen LogP contribution in [0, 0.1) is 17.1 Å². The number of hydrogen-bond donors (Lipinski definition) is 0. The van der Waals surface area contributed by atoms with E-state index in [0.29, 0.717) is 16.1 Å². The van der Waals surface area contributed by atoms with Crippen molar-refractivity contribution in [1.29, 1.82) is 5.26 Å². The van der Waals surface area contributed by atoms with Gasteiger partial charge in [-0.2, -0.15) is 5.26 Å². The van der Waals surface area contributed by atoms with Crippen LogP contribution in [0.1, 0.15) is 16.1 Å². The van der Waals surface area contributed by atoms with Crippen LogP contribution in [0.5, 0.6) is 17.2 Å². The maximum Gasteiger partial charge on any atom is 0.355 e. The first-order valence-corrected chi connectivity index (χ1v) is 10.2. The molecule has 176 valence electrons. The lowest BCUT2D eigenvalue weighted by molar-refractivity contribution is 0.0587. The highest BCUT2D eigenvalue weighted by molar-refractivity contribution is 5.87. The van der Waals surface area contributed by atoms with Crippen molar-refractivity contribution < 1.29 is 23.4 Å². The number of halogens is 1. The third kappa shape index (κ3) is 4.22. The minimum atomic E-state index is -0.996. The summed E-state index contributed by atoms with van der Waals surface area (Å²) in [5.41, 5.74) is -2.81. The fraction of sp³-hybridized carbons (Fsp3) is 0.120. The van der Waals surface area contributed by atoms with E-state index < -0.39 is 28.7 Å². The summed E-state index contributed by atoms with van der Waals surface area (Å²) in [4.78, 5) is 37.4. The average Bonchev–Trinajstić information content (AvgIpc) is 2.86. The number of hydrogen-bond acceptors (Lipinski definition) is 7. The SMILES string of the molecule is COC(=O)c1cc(=O)n(-c2cc(Oc3ccc4cc(OC)ccc4c3)c(C#N)cc2F)c(=O)n1C. The first-order valence-electron chi connectivity index (χ1n) is 10.2. The van der Waals surface area contributed by atoms with Crippen LogP contribution in [-0.2, 0) is 11.8 Å². The van der Waals surface area contributed by atoms with Crippen LogP contribution in [0.3, 0.4) is 0 Å². The third-order valence-corrected chi connectivity index (χ3v) is 5.37. The third-order valence-electron chi connectivity index (χ3n) is 5.37. The molecule has 0 radical (unpaired) electrons. The molecule has 3 aromatic carbocycles. The first-order chi connectivity index (χ1) is 16.8. The minimum absolute atomic E-state index is 0.0669. The van der Waals surface area contributed by atoms with E-state index in [1.807, 2.05) is 18.2 Å². The quantitative estimate of drug-likeness (QED) is 0.407. The monoisotopic (exact) mass is 475 g/mol. The Hall–Kier alpha value is -4.91. The number of rotatable bonds is 5. The van der Waals surface area contributed by atoms with Gasteiger partial charge in [-0.1, -0.05) is 12.1 Å². The second-order valence-corrected chi connectivity index (χ2v) is 7.42. The zero-order valence-electron chi connectivity index (χ0n) is 18.9. The molecule has 0 amide bonds. The van der Waals surface area contributed by atoms with Gasteiger partial charge in [0.15, 0.2) is 0 Å². The van der Waals surface area contributed by atoms with Crippen molar-refractivity contribution in [3.63, 3.8) is 0 Å². The van der Waals surface area contributed by atoms with Crippen molar-refractivity contribution in [2.75, 3.05) is 14.2 Å². The van der Waals surface area contributed by atoms with Crippen molar-refractivity contribution in [2.24, 2.45) is 7.05 Å². The topological polar surface area (TPSA) is 113 Å². The van der Waals surface area contributed by atoms with E-state index in [0.717, 1.165) is 40.6 Å². The van der Waals surface area contributed by atoms with Crippen LogP contribution in [0.15, 0.2) is 64.2 Å². The molecule has 9 nitrogen and oxygen atoms in total. The maximum absolute atomic E-state index is 14.9. The Bertz CT molecular complexity index is 1650. The highest BCUT2D eigenvalue weighted by Crippen LogP contribution is 2.31. The number of fused-ring (bicyclic) bond motifs is 1. The molecule has 0 unspecified atom stereocenters. The lowest BCUT2D eigenvalue weighted by Gasteiger charge is -2.14. The molecule has 4 rings (SSSR count). The highest BCUT2D eigenvalue weighted by Gasteiger charge is 2.20. The summed E-state index contributed by atoms with van der Waals surface area (Å²) >= 11 is 0. The van der Waals surface area contributed by atoms with E-state index in [1.54, 1.807) is 31.4 Å². The lowest BCUT2D eigenvalue weighted by Crippen LogP contribution is -2.40. The van der Waals surface area contributed by atoms with Crippen molar-refractivity contribution in [2.45, 2.75) is 0 Å². The molecule has 1 heterocycles. The number of esters is 1. The van der Waals surface area contributed by atoms with Gasteiger partial charge in [0.05, 0.1) is 25.5 Å². The van der Waals surface area contributed by atoms with Gasteiger partial charge in [0.25, 0.3) is 5.56 Å². The van der Waals surface area contributed by atoms with Crippen LogP contribution >= 0.6 is 0 Å². The van der Waals surface area contributed by atoms with Gasteiger partial charge in [0.1, 0.15) is 34.8 Å². The van der Waals surface area contributed by atoms with E-state index in [4.69, 9.17) is 9.47 Å². The molecular weight excluding hydrogens is 457 g/mol. The van der Waals surface area contributed by atoms with Crippen LogP contribution < -0.4 is 20.7 Å². The van der Waals surface area contributed by atoms with Crippen LogP contribution in [0.4, 0.5) is 4.39 Å². The lowest BCUT2D eigenvalue weighted by atomic mass is 10.1. The largest absolute Gasteiger partial charge is 0.497 e.